The Bertz CT molecular complexity index is 880. The van der Waals surface area contributed by atoms with Crippen molar-refractivity contribution >= 4 is 17.0 Å². The van der Waals surface area contributed by atoms with Gasteiger partial charge in [-0.2, -0.15) is 0 Å². The Balaban J connectivity index is 1.94. The van der Waals surface area contributed by atoms with Gasteiger partial charge in [-0.25, -0.2) is 0 Å². The number of rotatable bonds is 7. The highest BCUT2D eigenvalue weighted by atomic mass is 14.9. The fourth-order valence-electron chi connectivity index (χ4n) is 5.69. The summed E-state index contributed by atoms with van der Waals surface area (Å²) in [5.41, 5.74) is 7.89. The van der Waals surface area contributed by atoms with E-state index in [1.807, 2.05) is 0 Å². The third kappa shape index (κ3) is 4.48. The molecule has 162 valence electrons. The molecule has 0 amide bonds. The molecule has 3 rings (SSSR count). The van der Waals surface area contributed by atoms with Crippen LogP contribution in [0.1, 0.15) is 78.9 Å². The SMILES string of the molecule is C/C=C(\NCCC)c1cccc(/C(=C\C)C2=CCC3CC(C)(C)C(C(C)C)C3=N2)c1. The molecule has 1 N–H and O–H groups in total. The van der Waals surface area contributed by atoms with Gasteiger partial charge in [0, 0.05) is 35.4 Å². The Kier molecular flexibility index (Phi) is 7.06. The summed E-state index contributed by atoms with van der Waals surface area (Å²) in [6.45, 7) is 17.0. The summed E-state index contributed by atoms with van der Waals surface area (Å²) in [7, 11) is 0. The van der Waals surface area contributed by atoms with Crippen LogP contribution in [0.2, 0.25) is 0 Å². The van der Waals surface area contributed by atoms with Crippen LogP contribution in [0.15, 0.2) is 53.2 Å². The maximum atomic E-state index is 5.31. The molecule has 2 nitrogen and oxygen atoms in total. The number of nitrogens with zero attached hydrogens (tertiary/aromatic N) is 1. The van der Waals surface area contributed by atoms with Crippen LogP contribution >= 0.6 is 0 Å². The van der Waals surface area contributed by atoms with Crippen LogP contribution in [0, 0.1) is 23.2 Å². The van der Waals surface area contributed by atoms with Crippen molar-refractivity contribution in [1.82, 2.24) is 5.32 Å². The summed E-state index contributed by atoms with van der Waals surface area (Å²) in [5, 5.41) is 3.56. The van der Waals surface area contributed by atoms with Crippen LogP contribution in [-0.4, -0.2) is 12.3 Å². The van der Waals surface area contributed by atoms with Crippen LogP contribution < -0.4 is 5.32 Å². The minimum atomic E-state index is 0.336. The van der Waals surface area contributed by atoms with Crippen molar-refractivity contribution in [2.75, 3.05) is 6.54 Å². The Morgan fingerprint density at radius 2 is 1.93 bits per heavy atom. The lowest BCUT2D eigenvalue weighted by Gasteiger charge is -2.30. The second-order valence-corrected chi connectivity index (χ2v) is 9.89. The van der Waals surface area contributed by atoms with Crippen molar-refractivity contribution in [2.45, 2.75) is 67.7 Å². The summed E-state index contributed by atoms with van der Waals surface area (Å²) in [5.74, 6) is 1.82. The zero-order valence-corrected chi connectivity index (χ0v) is 20.0. The molecule has 1 aromatic rings. The van der Waals surface area contributed by atoms with Crippen molar-refractivity contribution in [1.29, 1.82) is 0 Å². The Labute approximate surface area is 184 Å². The van der Waals surface area contributed by atoms with Gasteiger partial charge in [0.15, 0.2) is 0 Å². The van der Waals surface area contributed by atoms with Crippen LogP contribution in [0.3, 0.4) is 0 Å². The predicted molar refractivity (Wildman–Crippen MR) is 132 cm³/mol. The smallest absolute Gasteiger partial charge is 0.0664 e. The molecule has 1 fully saturated rings. The standard InChI is InChI=1S/C28H40N2/c1-8-16-29-24(10-3)21-13-11-12-20(17-21)23(9-2)25-15-14-22-18-28(6,7)26(19(4)5)27(22)30-25/h9-13,15,17,19,22,26,29H,8,14,16,18H2,1-7H3/b23-9+,24-10-. The maximum absolute atomic E-state index is 5.31. The van der Waals surface area contributed by atoms with E-state index < -0.39 is 0 Å². The minimum Gasteiger partial charge on any atom is -0.385 e. The molecule has 2 aliphatic rings. The summed E-state index contributed by atoms with van der Waals surface area (Å²) in [6.07, 6.45) is 10.3. The zero-order valence-electron chi connectivity index (χ0n) is 20.0. The average molecular weight is 405 g/mol. The first-order chi connectivity index (χ1) is 14.3. The van der Waals surface area contributed by atoms with Gasteiger partial charge >= 0.3 is 0 Å². The molecule has 0 bridgehead atoms. The quantitative estimate of drug-likeness (QED) is 0.500. The van der Waals surface area contributed by atoms with Gasteiger partial charge in [0.05, 0.1) is 5.70 Å². The molecule has 0 spiro atoms. The van der Waals surface area contributed by atoms with Gasteiger partial charge in [0.1, 0.15) is 0 Å². The van der Waals surface area contributed by atoms with E-state index in [1.165, 1.54) is 34.5 Å². The molecular weight excluding hydrogens is 364 g/mol. The van der Waals surface area contributed by atoms with E-state index in [9.17, 15) is 0 Å². The lowest BCUT2D eigenvalue weighted by atomic mass is 9.75. The third-order valence-electron chi connectivity index (χ3n) is 6.77. The first kappa shape index (κ1) is 22.6. The summed E-state index contributed by atoms with van der Waals surface area (Å²) in [4.78, 5) is 5.31. The fourth-order valence-corrected chi connectivity index (χ4v) is 5.69. The highest BCUT2D eigenvalue weighted by Crippen LogP contribution is 2.51. The van der Waals surface area contributed by atoms with Gasteiger partial charge in [-0.15, -0.1) is 0 Å². The van der Waals surface area contributed by atoms with Crippen LogP contribution in [0.5, 0.6) is 0 Å². The van der Waals surface area contributed by atoms with Crippen molar-refractivity contribution < 1.29 is 0 Å². The zero-order chi connectivity index (χ0) is 21.9. The van der Waals surface area contributed by atoms with E-state index in [2.05, 4.69) is 96.3 Å². The van der Waals surface area contributed by atoms with E-state index in [0.717, 1.165) is 25.1 Å². The summed E-state index contributed by atoms with van der Waals surface area (Å²) in [6, 6.07) is 8.89. The number of fused-ring (bicyclic) bond motifs is 1. The van der Waals surface area contributed by atoms with Crippen molar-refractivity contribution in [3.05, 3.63) is 59.3 Å². The first-order valence-corrected chi connectivity index (χ1v) is 11.8. The molecule has 1 aliphatic heterocycles. The average Bonchev–Trinajstić information content (AvgIpc) is 2.99. The predicted octanol–water partition coefficient (Wildman–Crippen LogP) is 7.50. The lowest BCUT2D eigenvalue weighted by molar-refractivity contribution is 0.232. The Morgan fingerprint density at radius 3 is 2.57 bits per heavy atom. The van der Waals surface area contributed by atoms with E-state index >= 15 is 0 Å². The van der Waals surface area contributed by atoms with Crippen molar-refractivity contribution in [2.24, 2.45) is 28.2 Å². The third-order valence-corrected chi connectivity index (χ3v) is 6.77. The monoisotopic (exact) mass is 404 g/mol. The summed E-state index contributed by atoms with van der Waals surface area (Å²) < 4.78 is 0. The second kappa shape index (κ2) is 9.37. The first-order valence-electron chi connectivity index (χ1n) is 11.8. The van der Waals surface area contributed by atoms with Crippen molar-refractivity contribution in [3.8, 4) is 0 Å². The molecule has 1 heterocycles. The van der Waals surface area contributed by atoms with E-state index in [4.69, 9.17) is 4.99 Å². The number of benzene rings is 1. The van der Waals surface area contributed by atoms with Gasteiger partial charge in [-0.1, -0.05) is 71.0 Å². The van der Waals surface area contributed by atoms with Crippen LogP contribution in [0.25, 0.3) is 11.3 Å². The summed E-state index contributed by atoms with van der Waals surface area (Å²) >= 11 is 0. The number of nitrogens with one attached hydrogen (secondary N) is 1. The maximum Gasteiger partial charge on any atom is 0.0664 e. The normalized spacial score (nSPS) is 23.9. The minimum absolute atomic E-state index is 0.336. The topological polar surface area (TPSA) is 24.4 Å². The molecule has 1 aromatic carbocycles. The molecule has 2 unspecified atom stereocenters. The Hall–Kier alpha value is -2.09. The lowest BCUT2D eigenvalue weighted by Crippen LogP contribution is -2.28. The molecule has 0 radical (unpaired) electrons. The molecule has 2 heteroatoms. The fraction of sp³-hybridized carbons (Fsp3) is 0.536. The molecule has 30 heavy (non-hydrogen) atoms. The van der Waals surface area contributed by atoms with Crippen LogP contribution in [-0.2, 0) is 0 Å². The van der Waals surface area contributed by atoms with E-state index in [-0.39, 0.29) is 0 Å². The number of aliphatic imine (C=N–C) groups is 1. The molecular formula is C28H40N2. The van der Waals surface area contributed by atoms with Gasteiger partial charge < -0.3 is 5.32 Å². The van der Waals surface area contributed by atoms with Gasteiger partial charge in [-0.3, -0.25) is 4.99 Å². The molecule has 2 atom stereocenters. The van der Waals surface area contributed by atoms with E-state index in [1.54, 1.807) is 0 Å². The Morgan fingerprint density at radius 1 is 1.20 bits per heavy atom. The molecule has 1 saturated carbocycles. The van der Waals surface area contributed by atoms with Gasteiger partial charge in [0.2, 0.25) is 0 Å². The highest BCUT2D eigenvalue weighted by Gasteiger charge is 2.47. The van der Waals surface area contributed by atoms with Crippen molar-refractivity contribution in [3.63, 3.8) is 0 Å². The van der Waals surface area contributed by atoms with E-state index in [0.29, 0.717) is 23.2 Å². The largest absolute Gasteiger partial charge is 0.385 e. The number of allylic oxidation sites excluding steroid dienone is 4. The molecule has 0 aromatic heterocycles. The van der Waals surface area contributed by atoms with Crippen LogP contribution in [0.4, 0.5) is 0 Å². The van der Waals surface area contributed by atoms with Gasteiger partial charge in [-0.05, 0) is 61.6 Å². The number of hydrogen-bond acceptors (Lipinski definition) is 2. The molecule has 0 saturated heterocycles. The second-order valence-electron chi connectivity index (χ2n) is 9.89. The molecule has 1 aliphatic carbocycles. The number of hydrogen-bond donors (Lipinski definition) is 1. The highest BCUT2D eigenvalue weighted by molar-refractivity contribution is 5.96. The van der Waals surface area contributed by atoms with Gasteiger partial charge in [0.25, 0.3) is 0 Å².